The molecule has 0 aromatic rings. The number of halogens is 1. The molecule has 1 N–H and O–H groups in total. The number of hydrogen-bond acceptors (Lipinski definition) is 3. The zero-order valence-corrected chi connectivity index (χ0v) is 19.8. The third-order valence-corrected chi connectivity index (χ3v) is 4.34. The highest BCUT2D eigenvalue weighted by Crippen LogP contribution is 2.08. The summed E-state index contributed by atoms with van der Waals surface area (Å²) in [4.78, 5) is 35.7. The van der Waals surface area contributed by atoms with Gasteiger partial charge in [0.25, 0.3) is 0 Å². The van der Waals surface area contributed by atoms with Crippen molar-refractivity contribution in [1.29, 1.82) is 0 Å². The van der Waals surface area contributed by atoms with Crippen molar-refractivity contribution in [3.8, 4) is 0 Å². The average Bonchev–Trinajstić information content (AvgIpc) is 3.26. The summed E-state index contributed by atoms with van der Waals surface area (Å²) in [6.07, 6.45) is 7.57. The van der Waals surface area contributed by atoms with Gasteiger partial charge < -0.3 is 32.0 Å². The molecule has 2 heterocycles. The lowest BCUT2D eigenvalue weighted by atomic mass is 10.3. The first-order valence-corrected chi connectivity index (χ1v) is 10.1. The van der Waals surface area contributed by atoms with Gasteiger partial charge in [-0.25, -0.2) is 0 Å². The molecule has 0 bridgehead atoms. The van der Waals surface area contributed by atoms with Gasteiger partial charge in [0.2, 0.25) is 17.7 Å². The first-order chi connectivity index (χ1) is 13.5. The maximum Gasteiger partial charge on any atom is 0.246 e. The molecule has 0 radical (unpaired) electrons. The Balaban J connectivity index is 0. The highest BCUT2D eigenvalue weighted by molar-refractivity contribution is 5.92. The van der Waals surface area contributed by atoms with E-state index in [4.69, 9.17) is 0 Å². The molecule has 30 heavy (non-hydrogen) atoms. The van der Waals surface area contributed by atoms with Crippen LogP contribution in [0, 0.1) is 0 Å². The van der Waals surface area contributed by atoms with Gasteiger partial charge in [0.05, 0.1) is 27.7 Å². The Bertz CT molecular complexity index is 570. The van der Waals surface area contributed by atoms with Crippen molar-refractivity contribution in [2.45, 2.75) is 39.0 Å². The smallest absolute Gasteiger partial charge is 0.246 e. The summed E-state index contributed by atoms with van der Waals surface area (Å²) in [6, 6.07) is 0. The van der Waals surface area contributed by atoms with Crippen LogP contribution >= 0.6 is 0 Å². The largest absolute Gasteiger partial charge is 1.00 e. The summed E-state index contributed by atoms with van der Waals surface area (Å²) in [7, 11) is 6.42. The summed E-state index contributed by atoms with van der Waals surface area (Å²) < 4.78 is 0.933. The number of carbonyl (C=O) groups is 3. The van der Waals surface area contributed by atoms with Gasteiger partial charge in [-0.15, -0.1) is 0 Å². The molecule has 2 aliphatic rings. The van der Waals surface area contributed by atoms with E-state index in [1.807, 2.05) is 0 Å². The van der Waals surface area contributed by atoms with Crippen molar-refractivity contribution in [2.24, 2.45) is 0 Å². The second-order valence-electron chi connectivity index (χ2n) is 8.15. The molecule has 2 rings (SSSR count). The maximum atomic E-state index is 11.1. The normalized spacial score (nSPS) is 15.2. The fraction of sp³-hybridized carbons (Fsp3) is 0.591. The van der Waals surface area contributed by atoms with Gasteiger partial charge in [-0.2, -0.15) is 0 Å². The number of rotatable bonds is 7. The number of carbonyl (C=O) groups excluding carboxylic acids is 3. The second-order valence-corrected chi connectivity index (χ2v) is 8.15. The van der Waals surface area contributed by atoms with Crippen molar-refractivity contribution in [2.75, 3.05) is 47.3 Å². The third kappa shape index (κ3) is 14.0. The van der Waals surface area contributed by atoms with E-state index in [-0.39, 0.29) is 30.1 Å². The van der Waals surface area contributed by atoms with Gasteiger partial charge in [-0.05, 0) is 32.2 Å². The summed E-state index contributed by atoms with van der Waals surface area (Å²) >= 11 is 0. The molecular formula is C22H39ClN4O3. The lowest BCUT2D eigenvalue weighted by Gasteiger charge is -2.23. The summed E-state index contributed by atoms with van der Waals surface area (Å²) in [6.45, 7) is 15.8. The standard InChI is InChI=1S/C10H20N2O.2C6H9NO.ClH/c1-9(2)10(13)11-7-6-8-12(3,4)5;2*1-2-7-5-3-4-6(7)8;/h1,6-8H2,2-5H3;2*2H,1,3-5H2;1H. The number of likely N-dealkylation sites (tertiary alicyclic amines) is 2. The molecule has 0 aromatic heterocycles. The molecule has 0 aromatic carbocycles. The van der Waals surface area contributed by atoms with E-state index in [1.54, 1.807) is 29.1 Å². The fourth-order valence-electron chi connectivity index (χ4n) is 2.63. The van der Waals surface area contributed by atoms with Crippen molar-refractivity contribution in [3.05, 3.63) is 37.7 Å². The third-order valence-electron chi connectivity index (χ3n) is 4.34. The van der Waals surface area contributed by atoms with E-state index in [9.17, 15) is 14.4 Å². The number of nitrogens with zero attached hydrogens (tertiary/aromatic N) is 3. The maximum absolute atomic E-state index is 11.1. The van der Waals surface area contributed by atoms with Crippen LogP contribution in [0.3, 0.4) is 0 Å². The van der Waals surface area contributed by atoms with Crippen LogP contribution in [0.15, 0.2) is 37.7 Å². The van der Waals surface area contributed by atoms with Gasteiger partial charge >= 0.3 is 0 Å². The molecule has 7 nitrogen and oxygen atoms in total. The molecule has 0 atom stereocenters. The van der Waals surface area contributed by atoms with Crippen LogP contribution in [0.5, 0.6) is 0 Å². The Labute approximate surface area is 188 Å². The lowest BCUT2D eigenvalue weighted by Crippen LogP contribution is -3.00. The number of hydrogen-bond donors (Lipinski definition) is 1. The van der Waals surface area contributed by atoms with E-state index in [0.717, 1.165) is 49.9 Å². The SMILES string of the molecule is C=C(C)C(=O)NCCC[N+](C)(C)C.C=CN1CCCC1=O.C=CN1CCCC1=O.[Cl-]. The number of amides is 3. The van der Waals surface area contributed by atoms with Gasteiger partial charge in [0.15, 0.2) is 0 Å². The van der Waals surface area contributed by atoms with E-state index >= 15 is 0 Å². The van der Waals surface area contributed by atoms with Crippen LogP contribution < -0.4 is 17.7 Å². The predicted molar refractivity (Wildman–Crippen MR) is 118 cm³/mol. The van der Waals surface area contributed by atoms with Gasteiger partial charge in [-0.3, -0.25) is 14.4 Å². The van der Waals surface area contributed by atoms with Gasteiger partial charge in [0.1, 0.15) is 0 Å². The Kier molecular flexibility index (Phi) is 15.7. The van der Waals surface area contributed by atoms with E-state index in [1.165, 1.54) is 0 Å². The van der Waals surface area contributed by atoms with E-state index in [2.05, 4.69) is 46.2 Å². The topological polar surface area (TPSA) is 69.7 Å². The molecule has 0 aliphatic carbocycles. The molecule has 0 spiro atoms. The first kappa shape index (κ1) is 30.1. The fourth-order valence-corrected chi connectivity index (χ4v) is 2.63. The Morgan fingerprint density at radius 2 is 1.47 bits per heavy atom. The highest BCUT2D eigenvalue weighted by Gasteiger charge is 2.16. The van der Waals surface area contributed by atoms with Crippen LogP contribution in [-0.2, 0) is 14.4 Å². The Hall–Kier alpha value is -2.12. The summed E-state index contributed by atoms with van der Waals surface area (Å²) in [5, 5.41) is 2.81. The first-order valence-electron chi connectivity index (χ1n) is 10.1. The minimum atomic E-state index is -0.0404. The molecule has 0 unspecified atom stereocenters. The van der Waals surface area contributed by atoms with Gasteiger partial charge in [0, 0.05) is 44.5 Å². The van der Waals surface area contributed by atoms with Crippen LogP contribution in [0.1, 0.15) is 39.0 Å². The average molecular weight is 443 g/mol. The Morgan fingerprint density at radius 3 is 1.70 bits per heavy atom. The molecule has 172 valence electrons. The highest BCUT2D eigenvalue weighted by atomic mass is 35.5. The number of nitrogens with one attached hydrogen (secondary N) is 1. The van der Waals surface area contributed by atoms with E-state index < -0.39 is 0 Å². The molecule has 8 heteroatoms. The van der Waals surface area contributed by atoms with Crippen molar-refractivity contribution >= 4 is 17.7 Å². The Morgan fingerprint density at radius 1 is 1.03 bits per heavy atom. The van der Waals surface area contributed by atoms with Crippen LogP contribution in [0.4, 0.5) is 0 Å². The molecule has 3 amide bonds. The molecular weight excluding hydrogens is 404 g/mol. The summed E-state index contributed by atoms with van der Waals surface area (Å²) in [5.74, 6) is 0.376. The molecule has 2 fully saturated rings. The minimum absolute atomic E-state index is 0. The van der Waals surface area contributed by atoms with Crippen molar-refractivity contribution in [1.82, 2.24) is 15.1 Å². The lowest BCUT2D eigenvalue weighted by molar-refractivity contribution is -0.870. The molecule has 2 aliphatic heterocycles. The van der Waals surface area contributed by atoms with Crippen LogP contribution in [0.25, 0.3) is 0 Å². The number of quaternary nitrogens is 1. The van der Waals surface area contributed by atoms with Crippen LogP contribution in [-0.4, -0.2) is 79.3 Å². The molecule has 0 saturated carbocycles. The zero-order chi connectivity index (χ0) is 22.4. The van der Waals surface area contributed by atoms with Gasteiger partial charge in [-0.1, -0.05) is 19.7 Å². The monoisotopic (exact) mass is 442 g/mol. The van der Waals surface area contributed by atoms with Crippen LogP contribution in [0.2, 0.25) is 0 Å². The minimum Gasteiger partial charge on any atom is -1.00 e. The quantitative estimate of drug-likeness (QED) is 0.321. The van der Waals surface area contributed by atoms with Crippen molar-refractivity contribution in [3.63, 3.8) is 0 Å². The second kappa shape index (κ2) is 15.7. The van der Waals surface area contributed by atoms with Crippen molar-refractivity contribution < 1.29 is 31.3 Å². The summed E-state index contributed by atoms with van der Waals surface area (Å²) in [5.41, 5.74) is 0.574. The molecule has 2 saturated heterocycles. The predicted octanol–water partition coefficient (Wildman–Crippen LogP) is -0.716. The zero-order valence-electron chi connectivity index (χ0n) is 19.1. The van der Waals surface area contributed by atoms with E-state index in [0.29, 0.717) is 18.4 Å².